The highest BCUT2D eigenvalue weighted by atomic mass is 32.1. The Morgan fingerprint density at radius 3 is 2.93 bits per heavy atom. The van der Waals surface area contributed by atoms with Crippen LogP contribution in [0.5, 0.6) is 0 Å². The topological polar surface area (TPSA) is 139 Å². The van der Waals surface area contributed by atoms with Crippen LogP contribution in [-0.2, 0) is 4.74 Å². The van der Waals surface area contributed by atoms with Crippen LogP contribution in [-0.4, -0.2) is 48.5 Å². The molecule has 0 aliphatic carbocycles. The summed E-state index contributed by atoms with van der Waals surface area (Å²) in [6.45, 7) is -0.307. The molecule has 0 radical (unpaired) electrons. The molecule has 4 heterocycles. The number of benzene rings is 1. The van der Waals surface area contributed by atoms with E-state index in [-0.39, 0.29) is 30.1 Å². The van der Waals surface area contributed by atoms with Gasteiger partial charge in [-0.3, -0.25) is 14.3 Å². The van der Waals surface area contributed by atoms with Gasteiger partial charge in [0.2, 0.25) is 5.95 Å². The molecule has 10 heteroatoms. The number of fused-ring (bicyclic) bond motifs is 2. The summed E-state index contributed by atoms with van der Waals surface area (Å²) in [5.74, 6) is 0.481. The van der Waals surface area contributed by atoms with Crippen molar-refractivity contribution < 1.29 is 14.9 Å². The summed E-state index contributed by atoms with van der Waals surface area (Å²) in [6.07, 6.45) is -1.94. The number of aromatic amines is 1. The average molecular weight is 399 g/mol. The molecular weight excluding hydrogens is 382 g/mol. The summed E-state index contributed by atoms with van der Waals surface area (Å²) in [6, 6.07) is 9.92. The van der Waals surface area contributed by atoms with Gasteiger partial charge in [-0.1, -0.05) is 18.2 Å². The van der Waals surface area contributed by atoms with Gasteiger partial charge in [-0.15, -0.1) is 11.3 Å². The number of anilines is 1. The summed E-state index contributed by atoms with van der Waals surface area (Å²) < 4.78 is 8.59. The fourth-order valence-electron chi connectivity index (χ4n) is 3.58. The summed E-state index contributed by atoms with van der Waals surface area (Å²) in [4.78, 5) is 24.5. The van der Waals surface area contributed by atoms with Crippen LogP contribution in [0.4, 0.5) is 5.95 Å². The first kappa shape index (κ1) is 17.3. The minimum absolute atomic E-state index is 0.0289. The molecule has 9 nitrogen and oxygen atoms in total. The Morgan fingerprint density at radius 2 is 2.18 bits per heavy atom. The van der Waals surface area contributed by atoms with Gasteiger partial charge in [0, 0.05) is 11.1 Å². The number of rotatable bonds is 3. The van der Waals surface area contributed by atoms with Crippen molar-refractivity contribution in [1.82, 2.24) is 19.5 Å². The first-order valence-electron chi connectivity index (χ1n) is 8.76. The number of nitrogen functional groups attached to an aromatic ring is 1. The molecular formula is C18H17N5O4S. The lowest BCUT2D eigenvalue weighted by atomic mass is 10.2. The second-order valence-corrected chi connectivity index (χ2v) is 7.78. The van der Waals surface area contributed by atoms with E-state index in [1.807, 2.05) is 30.3 Å². The van der Waals surface area contributed by atoms with Crippen molar-refractivity contribution in [2.45, 2.75) is 24.9 Å². The van der Waals surface area contributed by atoms with E-state index in [2.05, 4.69) is 15.0 Å². The van der Waals surface area contributed by atoms with Crippen LogP contribution in [0.1, 0.15) is 12.6 Å². The second kappa shape index (κ2) is 6.38. The summed E-state index contributed by atoms with van der Waals surface area (Å²) in [5, 5.41) is 20.7. The first-order valence-corrected chi connectivity index (χ1v) is 9.58. The standard InChI is InChI=1S/C18H17N5O4S/c19-18-21-16-14(17(26)22-18)20-15(12-5-8-3-1-2-4-11(8)28-12)23(16)13-6-9(25)10(7-24)27-13/h1-5,9-10,13,24-25H,6-7H2,(H3,19,21,22,26)/t9-,10+,13+/m0/s1. The van der Waals surface area contributed by atoms with Crippen LogP contribution in [0.3, 0.4) is 0 Å². The van der Waals surface area contributed by atoms with Gasteiger partial charge in [0.15, 0.2) is 17.0 Å². The lowest BCUT2D eigenvalue weighted by molar-refractivity contribution is -0.0426. The maximum absolute atomic E-state index is 12.4. The fraction of sp³-hybridized carbons (Fsp3) is 0.278. The zero-order valence-electron chi connectivity index (χ0n) is 14.6. The van der Waals surface area contributed by atoms with E-state index < -0.39 is 24.0 Å². The molecule has 0 spiro atoms. The number of nitrogens with two attached hydrogens (primary N) is 1. The van der Waals surface area contributed by atoms with E-state index in [1.54, 1.807) is 4.57 Å². The number of aliphatic hydroxyl groups is 2. The number of hydrogen-bond acceptors (Lipinski definition) is 8. The zero-order valence-corrected chi connectivity index (χ0v) is 15.4. The van der Waals surface area contributed by atoms with Crippen LogP contribution in [0.15, 0.2) is 35.1 Å². The highest BCUT2D eigenvalue weighted by Crippen LogP contribution is 2.38. The highest BCUT2D eigenvalue weighted by molar-refractivity contribution is 7.22. The maximum Gasteiger partial charge on any atom is 0.280 e. The molecule has 3 aromatic heterocycles. The third-order valence-corrected chi connectivity index (χ3v) is 6.00. The molecule has 0 amide bonds. The first-order chi connectivity index (χ1) is 13.5. The Kier molecular flexibility index (Phi) is 3.95. The molecule has 1 aliphatic rings. The van der Waals surface area contributed by atoms with Gasteiger partial charge in [0.05, 0.1) is 17.6 Å². The molecule has 1 fully saturated rings. The highest BCUT2D eigenvalue weighted by Gasteiger charge is 2.37. The molecule has 0 saturated carbocycles. The number of ether oxygens (including phenoxy) is 1. The molecule has 28 heavy (non-hydrogen) atoms. The van der Waals surface area contributed by atoms with Gasteiger partial charge in [0.25, 0.3) is 5.56 Å². The number of H-pyrrole nitrogens is 1. The molecule has 5 rings (SSSR count). The van der Waals surface area contributed by atoms with E-state index in [4.69, 9.17) is 10.5 Å². The number of aliphatic hydroxyl groups excluding tert-OH is 2. The minimum Gasteiger partial charge on any atom is -0.394 e. The predicted molar refractivity (Wildman–Crippen MR) is 105 cm³/mol. The number of hydrogen-bond donors (Lipinski definition) is 4. The largest absolute Gasteiger partial charge is 0.394 e. The summed E-state index contributed by atoms with van der Waals surface area (Å²) in [7, 11) is 0. The van der Waals surface area contributed by atoms with Gasteiger partial charge in [-0.25, -0.2) is 4.98 Å². The number of imidazole rings is 1. The van der Waals surface area contributed by atoms with Crippen LogP contribution in [0.2, 0.25) is 0 Å². The van der Waals surface area contributed by atoms with Crippen molar-refractivity contribution in [3.8, 4) is 10.7 Å². The van der Waals surface area contributed by atoms with Crippen molar-refractivity contribution in [2.75, 3.05) is 12.3 Å². The summed E-state index contributed by atoms with van der Waals surface area (Å²) >= 11 is 1.53. The van der Waals surface area contributed by atoms with Gasteiger partial charge >= 0.3 is 0 Å². The lowest BCUT2D eigenvalue weighted by Gasteiger charge is -2.16. The van der Waals surface area contributed by atoms with Crippen LogP contribution in [0, 0.1) is 0 Å². The molecule has 5 N–H and O–H groups in total. The van der Waals surface area contributed by atoms with Gasteiger partial charge in [0.1, 0.15) is 12.3 Å². The van der Waals surface area contributed by atoms with E-state index in [0.717, 1.165) is 15.0 Å². The third kappa shape index (κ3) is 2.61. The molecule has 0 unspecified atom stereocenters. The fourth-order valence-corrected chi connectivity index (χ4v) is 4.63. The van der Waals surface area contributed by atoms with Crippen molar-refractivity contribution in [1.29, 1.82) is 0 Å². The predicted octanol–water partition coefficient (Wildman–Crippen LogP) is 1.22. The summed E-state index contributed by atoms with van der Waals surface area (Å²) in [5.41, 5.74) is 5.73. The Labute approximate surface area is 162 Å². The van der Waals surface area contributed by atoms with Crippen LogP contribution < -0.4 is 11.3 Å². The molecule has 1 aliphatic heterocycles. The number of nitrogens with zero attached hydrogens (tertiary/aromatic N) is 3. The second-order valence-electron chi connectivity index (χ2n) is 6.69. The average Bonchev–Trinajstić information content (AvgIpc) is 3.35. The molecule has 0 bridgehead atoms. The zero-order chi connectivity index (χ0) is 19.4. The molecule has 1 saturated heterocycles. The molecule has 4 aromatic rings. The quantitative estimate of drug-likeness (QED) is 0.406. The van der Waals surface area contributed by atoms with Crippen molar-refractivity contribution in [2.24, 2.45) is 0 Å². The lowest BCUT2D eigenvalue weighted by Crippen LogP contribution is -2.24. The Balaban J connectivity index is 1.76. The Hall–Kier alpha value is -2.79. The number of aromatic nitrogens is 4. The van der Waals surface area contributed by atoms with E-state index in [1.165, 1.54) is 11.3 Å². The van der Waals surface area contributed by atoms with Crippen molar-refractivity contribution >= 4 is 38.5 Å². The van der Waals surface area contributed by atoms with Crippen LogP contribution in [0.25, 0.3) is 32.0 Å². The van der Waals surface area contributed by atoms with Crippen molar-refractivity contribution in [3.05, 3.63) is 40.7 Å². The van der Waals surface area contributed by atoms with Crippen LogP contribution >= 0.6 is 11.3 Å². The van der Waals surface area contributed by atoms with Gasteiger partial charge in [-0.05, 0) is 17.5 Å². The smallest absolute Gasteiger partial charge is 0.280 e. The molecule has 1 aromatic carbocycles. The normalized spacial score (nSPS) is 22.4. The Morgan fingerprint density at radius 1 is 1.36 bits per heavy atom. The van der Waals surface area contributed by atoms with Gasteiger partial charge in [-0.2, -0.15) is 4.98 Å². The number of thiophene rings is 1. The van der Waals surface area contributed by atoms with Gasteiger partial charge < -0.3 is 20.7 Å². The maximum atomic E-state index is 12.4. The Bertz CT molecular complexity index is 1210. The minimum atomic E-state index is -0.831. The SMILES string of the molecule is Nc1nc2c(nc(-c3cc4ccccc4s3)n2[C@H]2C[C@H](O)[C@@H](CO)O2)c(=O)[nH]1. The number of nitrogens with one attached hydrogen (secondary N) is 1. The third-order valence-electron chi connectivity index (χ3n) is 4.89. The monoisotopic (exact) mass is 399 g/mol. The van der Waals surface area contributed by atoms with E-state index in [9.17, 15) is 15.0 Å². The molecule has 3 atom stereocenters. The molecule has 144 valence electrons. The van der Waals surface area contributed by atoms with E-state index >= 15 is 0 Å². The van der Waals surface area contributed by atoms with E-state index in [0.29, 0.717) is 5.82 Å². The van der Waals surface area contributed by atoms with Crippen molar-refractivity contribution in [3.63, 3.8) is 0 Å².